The molecule has 224 valence electrons. The molecule has 0 bridgehead atoms. The smallest absolute Gasteiger partial charge is 0.141 e. The van der Waals surface area contributed by atoms with Gasteiger partial charge in [0.1, 0.15) is 23.0 Å². The fraction of sp³-hybridized carbons (Fsp3) is 0.200. The normalized spacial score (nSPS) is 10.8. The lowest BCUT2D eigenvalue weighted by Gasteiger charge is -2.21. The number of halogens is 8. The van der Waals surface area contributed by atoms with Gasteiger partial charge in [0, 0.05) is 40.1 Å². The molecule has 0 spiro atoms. The van der Waals surface area contributed by atoms with Crippen LogP contribution in [0.25, 0.3) is 22.3 Å². The van der Waals surface area contributed by atoms with Gasteiger partial charge >= 0.3 is 0 Å². The summed E-state index contributed by atoms with van der Waals surface area (Å²) in [6.45, 7) is 7.89. The van der Waals surface area contributed by atoms with Crippen molar-refractivity contribution in [3.05, 3.63) is 82.3 Å². The molecule has 0 unspecified atom stereocenters. The van der Waals surface area contributed by atoms with Gasteiger partial charge in [-0.1, -0.05) is 63.7 Å². The number of hydrogen-bond acceptors (Lipinski definition) is 4. The van der Waals surface area contributed by atoms with Crippen LogP contribution >= 0.6 is 127 Å². The van der Waals surface area contributed by atoms with E-state index in [1.54, 1.807) is 26.4 Å². The molecule has 2 N–H and O–H groups in total. The Morgan fingerprint density at radius 3 is 0.905 bits per heavy atom. The zero-order chi connectivity index (χ0) is 31.8. The molecule has 4 aromatic rings. The number of methoxy groups -OCH3 is 2. The van der Waals surface area contributed by atoms with E-state index in [2.05, 4.69) is 141 Å². The molecule has 0 amide bonds. The van der Waals surface area contributed by atoms with Crippen LogP contribution in [-0.2, 0) is 0 Å². The third-order valence-corrected chi connectivity index (χ3v) is 12.4. The maximum absolute atomic E-state index is 10.4. The van der Waals surface area contributed by atoms with Crippen LogP contribution in [-0.4, -0.2) is 24.4 Å². The maximum atomic E-state index is 10.4. The first-order valence-electron chi connectivity index (χ1n) is 12.0. The van der Waals surface area contributed by atoms with Crippen molar-refractivity contribution in [3.8, 4) is 45.3 Å². The zero-order valence-electron chi connectivity index (χ0n) is 23.0. The molecular formula is C30H24Br8O4. The number of hydrogen-bond donors (Lipinski definition) is 2. The van der Waals surface area contributed by atoms with E-state index in [4.69, 9.17) is 9.47 Å². The second-order valence-electron chi connectivity index (χ2n) is 9.12. The van der Waals surface area contributed by atoms with Gasteiger partial charge in [-0.25, -0.2) is 0 Å². The molecule has 0 atom stereocenters. The van der Waals surface area contributed by atoms with E-state index < -0.39 is 0 Å². The van der Waals surface area contributed by atoms with E-state index in [1.807, 2.05) is 26.0 Å². The molecule has 0 aliphatic rings. The number of ether oxygens (including phenoxy) is 2. The van der Waals surface area contributed by atoms with E-state index in [-0.39, 0.29) is 11.5 Å². The fourth-order valence-electron chi connectivity index (χ4n) is 4.41. The Morgan fingerprint density at radius 2 is 0.643 bits per heavy atom. The van der Waals surface area contributed by atoms with Crippen LogP contribution in [0, 0.1) is 27.7 Å². The monoisotopic (exact) mass is 1080 g/mol. The summed E-state index contributed by atoms with van der Waals surface area (Å²) in [7, 11) is 3.34. The summed E-state index contributed by atoms with van der Waals surface area (Å²) in [4.78, 5) is 0. The van der Waals surface area contributed by atoms with E-state index in [0.717, 1.165) is 71.7 Å². The highest BCUT2D eigenvalue weighted by Gasteiger charge is 2.24. The predicted octanol–water partition coefficient (Wildman–Crippen LogP) is 13.5. The number of benzene rings is 4. The van der Waals surface area contributed by atoms with E-state index in [1.165, 1.54) is 0 Å². The van der Waals surface area contributed by atoms with Crippen LogP contribution in [0.15, 0.2) is 60.0 Å². The first kappa shape index (κ1) is 36.4. The largest absolute Gasteiger partial charge is 0.506 e. The Bertz CT molecular complexity index is 1530. The Morgan fingerprint density at radius 1 is 0.405 bits per heavy atom. The number of aromatic hydroxyl groups is 2. The quantitative estimate of drug-likeness (QED) is 0.214. The molecule has 0 aliphatic heterocycles. The van der Waals surface area contributed by atoms with Crippen molar-refractivity contribution in [2.75, 3.05) is 14.2 Å². The molecule has 0 saturated carbocycles. The van der Waals surface area contributed by atoms with Crippen molar-refractivity contribution in [1.82, 2.24) is 0 Å². The molecule has 0 saturated heterocycles. The van der Waals surface area contributed by atoms with Gasteiger partial charge in [0.15, 0.2) is 0 Å². The average Bonchev–Trinajstić information content (AvgIpc) is 2.92. The minimum Gasteiger partial charge on any atom is -0.506 e. The van der Waals surface area contributed by atoms with Crippen LogP contribution in [0.5, 0.6) is 23.0 Å². The highest BCUT2D eigenvalue weighted by molar-refractivity contribution is 9.12. The standard InChI is InChI=1S/C16H14Br4O2.C14H10Br4O2/c1-7-9(17)5-11(19)15(21-3)13(7)14-8(2)10(18)6-12(20)16(14)22-4;1-5-7(15)3-9(17)13(19)11(5)12-6(2)8(16)4-10(18)14(12)20/h5-6H,1-4H3;3-4,19-20H,1-2H3. The average molecular weight is 1090 g/mol. The van der Waals surface area contributed by atoms with Crippen molar-refractivity contribution in [1.29, 1.82) is 0 Å². The van der Waals surface area contributed by atoms with Gasteiger partial charge in [-0.3, -0.25) is 0 Å². The molecule has 4 aromatic carbocycles. The Balaban J connectivity index is 0.000000231. The summed E-state index contributed by atoms with van der Waals surface area (Å²) in [5.74, 6) is 1.78. The van der Waals surface area contributed by atoms with E-state index >= 15 is 0 Å². The van der Waals surface area contributed by atoms with Crippen LogP contribution < -0.4 is 9.47 Å². The van der Waals surface area contributed by atoms with Crippen molar-refractivity contribution in [2.45, 2.75) is 27.7 Å². The van der Waals surface area contributed by atoms with E-state index in [0.29, 0.717) is 20.1 Å². The topological polar surface area (TPSA) is 58.9 Å². The van der Waals surface area contributed by atoms with Crippen molar-refractivity contribution in [3.63, 3.8) is 0 Å². The summed E-state index contributed by atoms with van der Waals surface area (Å²) in [6, 6.07) is 7.56. The van der Waals surface area contributed by atoms with Crippen LogP contribution in [0.2, 0.25) is 0 Å². The maximum Gasteiger partial charge on any atom is 0.141 e. The summed E-state index contributed by atoms with van der Waals surface area (Å²) in [6.07, 6.45) is 0. The Kier molecular flexibility index (Phi) is 13.0. The van der Waals surface area contributed by atoms with Gasteiger partial charge in [-0.2, -0.15) is 0 Å². The minimum atomic E-state index is 0.106. The molecule has 4 nitrogen and oxygen atoms in total. The highest BCUT2D eigenvalue weighted by atomic mass is 79.9. The molecular weight excluding hydrogens is 1060 g/mol. The van der Waals surface area contributed by atoms with Gasteiger partial charge in [-0.05, 0) is 138 Å². The minimum absolute atomic E-state index is 0.106. The van der Waals surface area contributed by atoms with Crippen molar-refractivity contribution in [2.24, 2.45) is 0 Å². The second-order valence-corrected chi connectivity index (χ2v) is 16.0. The first-order chi connectivity index (χ1) is 19.6. The number of rotatable bonds is 4. The zero-order valence-corrected chi connectivity index (χ0v) is 35.7. The molecule has 42 heavy (non-hydrogen) atoms. The molecule has 0 heterocycles. The van der Waals surface area contributed by atoms with Crippen LogP contribution in [0.3, 0.4) is 0 Å². The Labute approximate surface area is 313 Å². The number of phenols is 2. The lowest BCUT2D eigenvalue weighted by atomic mass is 9.94. The van der Waals surface area contributed by atoms with Crippen LogP contribution in [0.1, 0.15) is 22.3 Å². The molecule has 4 rings (SSSR count). The molecule has 0 aromatic heterocycles. The van der Waals surface area contributed by atoms with Crippen molar-refractivity contribution >= 4 is 127 Å². The highest BCUT2D eigenvalue weighted by Crippen LogP contribution is 2.51. The molecule has 0 fully saturated rings. The van der Waals surface area contributed by atoms with Gasteiger partial charge in [0.2, 0.25) is 0 Å². The predicted molar refractivity (Wildman–Crippen MR) is 201 cm³/mol. The summed E-state index contributed by atoms with van der Waals surface area (Å²) < 4.78 is 17.9. The third kappa shape index (κ3) is 7.16. The second kappa shape index (κ2) is 15.0. The fourth-order valence-corrected chi connectivity index (χ4v) is 9.38. The van der Waals surface area contributed by atoms with Crippen molar-refractivity contribution < 1.29 is 19.7 Å². The summed E-state index contributed by atoms with van der Waals surface area (Å²) in [5, 5.41) is 20.8. The van der Waals surface area contributed by atoms with Crippen LogP contribution in [0.4, 0.5) is 0 Å². The third-order valence-electron chi connectivity index (χ3n) is 6.67. The van der Waals surface area contributed by atoms with Gasteiger partial charge in [-0.15, -0.1) is 0 Å². The summed E-state index contributed by atoms with van der Waals surface area (Å²) >= 11 is 28.0. The Hall–Kier alpha value is -0.0800. The lowest BCUT2D eigenvalue weighted by Crippen LogP contribution is -1.99. The molecule has 12 heteroatoms. The number of phenolic OH excluding ortho intramolecular Hbond substituents is 2. The molecule has 0 radical (unpaired) electrons. The van der Waals surface area contributed by atoms with Gasteiger partial charge < -0.3 is 19.7 Å². The van der Waals surface area contributed by atoms with Gasteiger partial charge in [0.25, 0.3) is 0 Å². The lowest BCUT2D eigenvalue weighted by molar-refractivity contribution is 0.407. The first-order valence-corrected chi connectivity index (χ1v) is 18.3. The SMILES string of the molecule is COc1c(Br)cc(Br)c(C)c1-c1c(C)c(Br)cc(Br)c1OC.Cc1c(Br)cc(Br)c(O)c1-c1c(C)c(Br)cc(Br)c1O. The molecule has 0 aliphatic carbocycles. The van der Waals surface area contributed by atoms with E-state index in [9.17, 15) is 10.2 Å². The van der Waals surface area contributed by atoms with Gasteiger partial charge in [0.05, 0.1) is 32.1 Å². The summed E-state index contributed by atoms with van der Waals surface area (Å²) in [5.41, 5.74) is 7.09.